The van der Waals surface area contributed by atoms with Crippen molar-refractivity contribution < 1.29 is 0 Å². The maximum absolute atomic E-state index is 4.46. The van der Waals surface area contributed by atoms with Crippen molar-refractivity contribution in [3.63, 3.8) is 0 Å². The van der Waals surface area contributed by atoms with Crippen molar-refractivity contribution in [3.05, 3.63) is 6.33 Å². The fraction of sp³-hybridized carbons (Fsp3) is 0.545. The maximum Gasteiger partial charge on any atom is 0.258 e. The molecule has 2 heterocycles. The molecule has 0 saturated carbocycles. The summed E-state index contributed by atoms with van der Waals surface area (Å²) in [5, 5.41) is 7.92. The first kappa shape index (κ1) is 14.5. The standard InChI is InChI=1S/C11H18N8S/c1-5-18(6-2)9-14-8(12-3)15-10(16-9)19-7-13-11(17-19)20-4/h7H,5-6H2,1-4H3,(H,12,14,15,16). The number of rotatable bonds is 6. The predicted molar refractivity (Wildman–Crippen MR) is 79.6 cm³/mol. The zero-order valence-corrected chi connectivity index (χ0v) is 12.8. The summed E-state index contributed by atoms with van der Waals surface area (Å²) in [6.07, 6.45) is 3.53. The van der Waals surface area contributed by atoms with Crippen LogP contribution in [-0.4, -0.2) is 56.1 Å². The highest BCUT2D eigenvalue weighted by atomic mass is 32.2. The van der Waals surface area contributed by atoms with E-state index in [0.717, 1.165) is 13.1 Å². The van der Waals surface area contributed by atoms with E-state index in [4.69, 9.17) is 0 Å². The number of hydrogen-bond donors (Lipinski definition) is 1. The molecule has 0 saturated heterocycles. The first-order chi connectivity index (χ1) is 9.71. The quantitative estimate of drug-likeness (QED) is 0.792. The van der Waals surface area contributed by atoms with Gasteiger partial charge < -0.3 is 10.2 Å². The van der Waals surface area contributed by atoms with Gasteiger partial charge in [-0.25, -0.2) is 4.98 Å². The van der Waals surface area contributed by atoms with Gasteiger partial charge in [-0.1, -0.05) is 11.8 Å². The Morgan fingerprint density at radius 2 is 2.00 bits per heavy atom. The molecule has 2 aromatic rings. The van der Waals surface area contributed by atoms with Crippen molar-refractivity contribution in [2.45, 2.75) is 19.0 Å². The Morgan fingerprint density at radius 3 is 2.55 bits per heavy atom. The minimum absolute atomic E-state index is 0.457. The molecule has 0 aliphatic rings. The molecule has 0 spiro atoms. The molecule has 0 aliphatic carbocycles. The first-order valence-corrected chi connectivity index (χ1v) is 7.59. The summed E-state index contributed by atoms with van der Waals surface area (Å²) in [6, 6.07) is 0. The number of thioether (sulfide) groups is 1. The van der Waals surface area contributed by atoms with E-state index in [-0.39, 0.29) is 0 Å². The van der Waals surface area contributed by atoms with E-state index in [0.29, 0.717) is 23.0 Å². The first-order valence-electron chi connectivity index (χ1n) is 6.36. The molecule has 1 N–H and O–H groups in total. The molecular formula is C11H18N8S. The SMILES string of the molecule is CCN(CC)c1nc(NC)nc(-n2cnc(SC)n2)n1. The van der Waals surface area contributed by atoms with Crippen LogP contribution >= 0.6 is 11.8 Å². The molecule has 20 heavy (non-hydrogen) atoms. The Hall–Kier alpha value is -1.90. The second-order valence-electron chi connectivity index (χ2n) is 3.86. The van der Waals surface area contributed by atoms with Gasteiger partial charge in [0.2, 0.25) is 17.1 Å². The van der Waals surface area contributed by atoms with Crippen molar-refractivity contribution in [1.82, 2.24) is 29.7 Å². The van der Waals surface area contributed by atoms with E-state index in [9.17, 15) is 0 Å². The summed E-state index contributed by atoms with van der Waals surface area (Å²) in [4.78, 5) is 19.4. The highest BCUT2D eigenvalue weighted by Crippen LogP contribution is 2.14. The Balaban J connectivity index is 2.44. The molecule has 0 unspecified atom stereocenters. The Morgan fingerprint density at radius 1 is 1.25 bits per heavy atom. The zero-order valence-electron chi connectivity index (χ0n) is 12.0. The fourth-order valence-electron chi connectivity index (χ4n) is 1.65. The van der Waals surface area contributed by atoms with Crippen LogP contribution in [0.1, 0.15) is 13.8 Å². The predicted octanol–water partition coefficient (Wildman–Crippen LogP) is 1.06. The lowest BCUT2D eigenvalue weighted by Crippen LogP contribution is -2.25. The molecule has 0 aromatic carbocycles. The van der Waals surface area contributed by atoms with Crippen LogP contribution in [0.2, 0.25) is 0 Å². The van der Waals surface area contributed by atoms with E-state index in [1.807, 2.05) is 6.26 Å². The summed E-state index contributed by atoms with van der Waals surface area (Å²) >= 11 is 1.47. The number of aromatic nitrogens is 6. The van der Waals surface area contributed by atoms with Gasteiger partial charge in [0.15, 0.2) is 0 Å². The van der Waals surface area contributed by atoms with E-state index < -0.39 is 0 Å². The van der Waals surface area contributed by atoms with Crippen LogP contribution in [-0.2, 0) is 0 Å². The highest BCUT2D eigenvalue weighted by molar-refractivity contribution is 7.98. The summed E-state index contributed by atoms with van der Waals surface area (Å²) in [7, 11) is 1.78. The van der Waals surface area contributed by atoms with Crippen LogP contribution in [0.5, 0.6) is 0 Å². The van der Waals surface area contributed by atoms with Crippen molar-refractivity contribution in [2.24, 2.45) is 0 Å². The van der Waals surface area contributed by atoms with E-state index >= 15 is 0 Å². The molecule has 0 fully saturated rings. The third kappa shape index (κ3) is 2.98. The highest BCUT2D eigenvalue weighted by Gasteiger charge is 2.13. The Bertz CT molecular complexity index is 565. The van der Waals surface area contributed by atoms with Crippen LogP contribution in [0.4, 0.5) is 11.9 Å². The average Bonchev–Trinajstić information content (AvgIpc) is 2.97. The number of nitrogens with zero attached hydrogens (tertiary/aromatic N) is 7. The summed E-state index contributed by atoms with van der Waals surface area (Å²) in [5.41, 5.74) is 0. The minimum Gasteiger partial charge on any atom is -0.357 e. The molecule has 2 rings (SSSR count). The number of anilines is 2. The van der Waals surface area contributed by atoms with E-state index in [1.165, 1.54) is 11.8 Å². The lowest BCUT2D eigenvalue weighted by atomic mass is 10.5. The monoisotopic (exact) mass is 294 g/mol. The third-order valence-corrected chi connectivity index (χ3v) is 3.29. The smallest absolute Gasteiger partial charge is 0.258 e. The molecule has 0 bridgehead atoms. The van der Waals surface area contributed by atoms with Gasteiger partial charge in [0.1, 0.15) is 6.33 Å². The number of nitrogens with one attached hydrogen (secondary N) is 1. The molecule has 0 radical (unpaired) electrons. The van der Waals surface area contributed by atoms with Crippen LogP contribution in [0, 0.1) is 0 Å². The molecule has 0 amide bonds. The van der Waals surface area contributed by atoms with Crippen LogP contribution in [0.3, 0.4) is 0 Å². The van der Waals surface area contributed by atoms with Gasteiger partial charge in [0.05, 0.1) is 0 Å². The van der Waals surface area contributed by atoms with Gasteiger partial charge in [-0.3, -0.25) is 0 Å². The van der Waals surface area contributed by atoms with Crippen molar-refractivity contribution >= 4 is 23.7 Å². The molecular weight excluding hydrogens is 276 g/mol. The second kappa shape index (κ2) is 6.51. The van der Waals surface area contributed by atoms with Gasteiger partial charge in [-0.2, -0.15) is 19.6 Å². The maximum atomic E-state index is 4.46. The van der Waals surface area contributed by atoms with Crippen molar-refractivity contribution in [1.29, 1.82) is 0 Å². The van der Waals surface area contributed by atoms with Crippen LogP contribution in [0.15, 0.2) is 11.5 Å². The third-order valence-electron chi connectivity index (χ3n) is 2.74. The van der Waals surface area contributed by atoms with Gasteiger partial charge in [0.25, 0.3) is 5.95 Å². The molecule has 2 aromatic heterocycles. The zero-order chi connectivity index (χ0) is 14.5. The topological polar surface area (TPSA) is 84.7 Å². The van der Waals surface area contributed by atoms with Gasteiger partial charge >= 0.3 is 0 Å². The number of hydrogen-bond acceptors (Lipinski definition) is 8. The molecule has 108 valence electrons. The molecule has 0 aliphatic heterocycles. The van der Waals surface area contributed by atoms with Crippen molar-refractivity contribution in [3.8, 4) is 5.95 Å². The van der Waals surface area contributed by atoms with E-state index in [2.05, 4.69) is 49.1 Å². The summed E-state index contributed by atoms with van der Waals surface area (Å²) in [6.45, 7) is 5.79. The summed E-state index contributed by atoms with van der Waals surface area (Å²) < 4.78 is 1.56. The van der Waals surface area contributed by atoms with Crippen LogP contribution in [0.25, 0.3) is 5.95 Å². The van der Waals surface area contributed by atoms with Gasteiger partial charge in [-0.15, -0.1) is 5.10 Å². The van der Waals surface area contributed by atoms with E-state index in [1.54, 1.807) is 18.1 Å². The van der Waals surface area contributed by atoms with Gasteiger partial charge in [0, 0.05) is 20.1 Å². The molecule has 0 atom stereocenters. The lowest BCUT2D eigenvalue weighted by Gasteiger charge is -2.19. The Labute approximate surface area is 122 Å². The minimum atomic E-state index is 0.457. The fourth-order valence-corrected chi connectivity index (χ4v) is 1.98. The van der Waals surface area contributed by atoms with Crippen LogP contribution < -0.4 is 10.2 Å². The second-order valence-corrected chi connectivity index (χ2v) is 4.63. The normalized spacial score (nSPS) is 10.6. The van der Waals surface area contributed by atoms with Gasteiger partial charge in [-0.05, 0) is 20.1 Å². The Kier molecular flexibility index (Phi) is 4.72. The lowest BCUT2D eigenvalue weighted by molar-refractivity contribution is 0.748. The molecule has 9 heteroatoms. The summed E-state index contributed by atoms with van der Waals surface area (Å²) in [5.74, 6) is 1.60. The largest absolute Gasteiger partial charge is 0.357 e. The van der Waals surface area contributed by atoms with Crippen molar-refractivity contribution in [2.75, 3.05) is 36.6 Å². The average molecular weight is 294 g/mol. The molecule has 8 nitrogen and oxygen atoms in total.